The zero-order valence-electron chi connectivity index (χ0n) is 31.3. The maximum atomic E-state index is 12.0. The van der Waals surface area contributed by atoms with Crippen LogP contribution < -0.4 is 0 Å². The van der Waals surface area contributed by atoms with E-state index in [0.717, 1.165) is 86.8 Å². The van der Waals surface area contributed by atoms with E-state index >= 15 is 0 Å². The molecule has 0 aliphatic heterocycles. The van der Waals surface area contributed by atoms with Crippen molar-refractivity contribution < 1.29 is 19.7 Å². The van der Waals surface area contributed by atoms with Crippen molar-refractivity contribution >= 4 is 0 Å². The first-order chi connectivity index (χ1) is 23.8. The molecule has 4 nitrogen and oxygen atoms in total. The van der Waals surface area contributed by atoms with Crippen LogP contribution in [0, 0.1) is 0 Å². The van der Waals surface area contributed by atoms with Crippen LogP contribution in [0.4, 0.5) is 0 Å². The van der Waals surface area contributed by atoms with Gasteiger partial charge in [-0.25, -0.2) is 0 Å². The second kappa shape index (κ2) is 17.5. The monoisotopic (exact) mass is 673 g/mol. The van der Waals surface area contributed by atoms with Crippen molar-refractivity contribution in [3.05, 3.63) is 57.6 Å². The van der Waals surface area contributed by atoms with Crippen molar-refractivity contribution in [2.45, 2.75) is 197 Å². The lowest BCUT2D eigenvalue weighted by Crippen LogP contribution is -2.26. The fourth-order valence-electron chi connectivity index (χ4n) is 9.92. The topological polar surface area (TPSA) is 58.9 Å². The first-order valence-corrected chi connectivity index (χ1v) is 20.8. The molecule has 4 aliphatic carbocycles. The van der Waals surface area contributed by atoms with Gasteiger partial charge in [0.1, 0.15) is 11.5 Å². The SMILES string of the molecule is CC1(c2cc(CCCOC3CCCCC3)cc(Cc3cc(CCCOC4CCCCC4)cc(C4(C)CCCCC4)c3O)c2O)CCCCC1. The number of aromatic hydroxyl groups is 2. The molecule has 6 rings (SSSR count). The van der Waals surface area contributed by atoms with Gasteiger partial charge in [-0.15, -0.1) is 0 Å². The minimum Gasteiger partial charge on any atom is -0.507 e. The van der Waals surface area contributed by atoms with Crippen LogP contribution in [0.2, 0.25) is 0 Å². The molecule has 272 valence electrons. The van der Waals surface area contributed by atoms with E-state index < -0.39 is 0 Å². The predicted octanol–water partition coefficient (Wildman–Crippen LogP) is 11.7. The largest absolute Gasteiger partial charge is 0.507 e. The molecule has 2 aromatic carbocycles. The van der Waals surface area contributed by atoms with Crippen LogP contribution in [0.5, 0.6) is 11.5 Å². The number of rotatable bonds is 14. The molecular weight excluding hydrogens is 604 g/mol. The van der Waals surface area contributed by atoms with Crippen molar-refractivity contribution in [2.24, 2.45) is 0 Å². The Morgan fingerprint density at radius 3 is 1.29 bits per heavy atom. The number of phenols is 2. The fraction of sp³-hybridized carbons (Fsp3) is 0.733. The summed E-state index contributed by atoms with van der Waals surface area (Å²) in [6, 6.07) is 9.14. The van der Waals surface area contributed by atoms with E-state index in [1.807, 2.05) is 0 Å². The smallest absolute Gasteiger partial charge is 0.122 e. The molecular formula is C45H68O4. The number of hydrogen-bond donors (Lipinski definition) is 2. The maximum absolute atomic E-state index is 12.0. The molecule has 4 saturated carbocycles. The third kappa shape index (κ3) is 9.65. The molecule has 0 saturated heterocycles. The van der Waals surface area contributed by atoms with Crippen LogP contribution in [0.3, 0.4) is 0 Å². The van der Waals surface area contributed by atoms with Crippen LogP contribution in [0.25, 0.3) is 0 Å². The van der Waals surface area contributed by atoms with Gasteiger partial charge in [0.05, 0.1) is 12.2 Å². The van der Waals surface area contributed by atoms with Gasteiger partial charge < -0.3 is 19.7 Å². The second-order valence-electron chi connectivity index (χ2n) is 17.2. The minimum absolute atomic E-state index is 0.00531. The van der Waals surface area contributed by atoms with Crippen molar-refractivity contribution in [3.8, 4) is 11.5 Å². The standard InChI is InChI=1S/C45H68O4/c1-44(23-11-5-12-24-44)40-31-34(17-15-27-48-38-19-7-3-8-20-38)29-36(42(40)46)33-37-30-35(18-16-28-49-39-21-9-4-10-22-39)32-41(43(37)47)45(2)25-13-6-14-26-45/h29-32,38-39,46-47H,3-28,33H2,1-2H3. The van der Waals surface area contributed by atoms with Crippen molar-refractivity contribution in [3.63, 3.8) is 0 Å². The Morgan fingerprint density at radius 2 is 0.898 bits per heavy atom. The van der Waals surface area contributed by atoms with Gasteiger partial charge in [0.15, 0.2) is 0 Å². The summed E-state index contributed by atoms with van der Waals surface area (Å²) < 4.78 is 12.6. The number of benzene rings is 2. The van der Waals surface area contributed by atoms with E-state index in [-0.39, 0.29) is 10.8 Å². The third-order valence-electron chi connectivity index (χ3n) is 13.1. The highest BCUT2D eigenvalue weighted by Crippen LogP contribution is 2.47. The Morgan fingerprint density at radius 1 is 0.531 bits per heavy atom. The van der Waals surface area contributed by atoms with E-state index in [1.54, 1.807) is 0 Å². The first kappa shape index (κ1) is 36.7. The summed E-state index contributed by atoms with van der Waals surface area (Å²) in [6.45, 7) is 6.36. The normalized spacial score (nSPS) is 21.9. The average Bonchev–Trinajstić information content (AvgIpc) is 3.12. The molecule has 0 spiro atoms. The molecule has 4 heteroatoms. The van der Waals surface area contributed by atoms with Gasteiger partial charge in [-0.2, -0.15) is 0 Å². The number of ether oxygens (including phenoxy) is 2. The van der Waals surface area contributed by atoms with Gasteiger partial charge in [-0.1, -0.05) is 115 Å². The summed E-state index contributed by atoms with van der Waals surface area (Å²) in [4.78, 5) is 0. The molecule has 4 fully saturated rings. The van der Waals surface area contributed by atoms with Crippen LogP contribution in [0.15, 0.2) is 24.3 Å². The lowest BCUT2D eigenvalue weighted by Gasteiger charge is -2.36. The van der Waals surface area contributed by atoms with Crippen LogP contribution in [0.1, 0.15) is 188 Å². The lowest BCUT2D eigenvalue weighted by molar-refractivity contribution is 0.0272. The second-order valence-corrected chi connectivity index (χ2v) is 17.2. The lowest BCUT2D eigenvalue weighted by atomic mass is 9.69. The van der Waals surface area contributed by atoms with Crippen molar-refractivity contribution in [2.75, 3.05) is 13.2 Å². The van der Waals surface area contributed by atoms with Gasteiger partial charge in [0.25, 0.3) is 0 Å². The van der Waals surface area contributed by atoms with E-state index in [1.165, 1.54) is 114 Å². The van der Waals surface area contributed by atoms with Gasteiger partial charge >= 0.3 is 0 Å². The predicted molar refractivity (Wildman–Crippen MR) is 202 cm³/mol. The van der Waals surface area contributed by atoms with Gasteiger partial charge in [0.2, 0.25) is 0 Å². The molecule has 0 heterocycles. The van der Waals surface area contributed by atoms with Gasteiger partial charge in [-0.3, -0.25) is 0 Å². The highest BCUT2D eigenvalue weighted by Gasteiger charge is 2.34. The van der Waals surface area contributed by atoms with E-state index in [2.05, 4.69) is 38.1 Å². The summed E-state index contributed by atoms with van der Waals surface area (Å²) in [6.07, 6.45) is 30.1. The Labute approximate surface area is 298 Å². The van der Waals surface area contributed by atoms with Gasteiger partial charge in [0, 0.05) is 30.8 Å². The molecule has 0 bridgehead atoms. The first-order valence-electron chi connectivity index (χ1n) is 20.8. The highest BCUT2D eigenvalue weighted by molar-refractivity contribution is 5.54. The average molecular weight is 673 g/mol. The Kier molecular flexibility index (Phi) is 13.1. The van der Waals surface area contributed by atoms with Gasteiger partial charge in [-0.05, 0) is 110 Å². The van der Waals surface area contributed by atoms with E-state index in [0.29, 0.717) is 30.1 Å². The van der Waals surface area contributed by atoms with Crippen molar-refractivity contribution in [1.82, 2.24) is 0 Å². The summed E-state index contributed by atoms with van der Waals surface area (Å²) in [5.41, 5.74) is 6.79. The van der Waals surface area contributed by atoms with E-state index in [9.17, 15) is 10.2 Å². The number of hydrogen-bond acceptors (Lipinski definition) is 4. The molecule has 0 radical (unpaired) electrons. The molecule has 0 unspecified atom stereocenters. The van der Waals surface area contributed by atoms with Crippen LogP contribution in [-0.4, -0.2) is 35.6 Å². The third-order valence-corrected chi connectivity index (χ3v) is 13.1. The molecule has 0 atom stereocenters. The zero-order valence-corrected chi connectivity index (χ0v) is 31.3. The summed E-state index contributed by atoms with van der Waals surface area (Å²) >= 11 is 0. The summed E-state index contributed by atoms with van der Waals surface area (Å²) in [7, 11) is 0. The quantitative estimate of drug-likeness (QED) is 0.196. The van der Waals surface area contributed by atoms with Crippen LogP contribution >= 0.6 is 0 Å². The number of aryl methyl sites for hydroxylation is 2. The minimum atomic E-state index is -0.00531. The summed E-state index contributed by atoms with van der Waals surface area (Å²) in [5.74, 6) is 0.922. The van der Waals surface area contributed by atoms with E-state index in [4.69, 9.17) is 9.47 Å². The zero-order chi connectivity index (χ0) is 34.1. The summed E-state index contributed by atoms with van der Waals surface area (Å²) in [5, 5.41) is 24.1. The Bertz CT molecular complexity index is 1220. The molecule has 2 aromatic rings. The molecule has 49 heavy (non-hydrogen) atoms. The maximum Gasteiger partial charge on any atom is 0.122 e. The molecule has 0 amide bonds. The Hall–Kier alpha value is -2.04. The Balaban J connectivity index is 1.25. The van der Waals surface area contributed by atoms with Crippen molar-refractivity contribution in [1.29, 1.82) is 0 Å². The fourth-order valence-corrected chi connectivity index (χ4v) is 9.92. The highest BCUT2D eigenvalue weighted by atomic mass is 16.5. The molecule has 2 N–H and O–H groups in total. The number of phenolic OH excluding ortho intramolecular Hbond substituents is 2. The van der Waals surface area contributed by atoms with Crippen LogP contribution in [-0.2, 0) is 39.6 Å². The molecule has 0 aromatic heterocycles. The molecule has 4 aliphatic rings.